The molecule has 0 heterocycles. The van der Waals surface area contributed by atoms with Gasteiger partial charge >= 0.3 is 0 Å². The molecular formula is C15H23BrN2O. The van der Waals surface area contributed by atoms with Crippen LogP contribution in [0, 0.1) is 13.8 Å². The third-order valence-electron chi connectivity index (χ3n) is 3.25. The number of carbonyl (C=O) groups is 1. The van der Waals surface area contributed by atoms with E-state index in [9.17, 15) is 4.79 Å². The maximum atomic E-state index is 12.0. The zero-order valence-corrected chi connectivity index (χ0v) is 13.9. The molecule has 0 aromatic heterocycles. The van der Waals surface area contributed by atoms with Crippen molar-refractivity contribution in [2.24, 2.45) is 0 Å². The summed E-state index contributed by atoms with van der Waals surface area (Å²) in [6.45, 7) is 10.0. The molecule has 0 aliphatic heterocycles. The fraction of sp³-hybridized carbons (Fsp3) is 0.533. The topological polar surface area (TPSA) is 41.1 Å². The first-order valence-electron chi connectivity index (χ1n) is 6.68. The van der Waals surface area contributed by atoms with Crippen molar-refractivity contribution >= 4 is 27.5 Å². The average molecular weight is 327 g/mol. The lowest BCUT2D eigenvalue weighted by atomic mass is 10.1. The number of anilines is 1. The summed E-state index contributed by atoms with van der Waals surface area (Å²) in [5.74, 6) is 0.0380. The Balaban J connectivity index is 2.77. The molecule has 1 aromatic carbocycles. The number of rotatable bonds is 5. The minimum absolute atomic E-state index is 0.0380. The number of halogens is 1. The monoisotopic (exact) mass is 326 g/mol. The lowest BCUT2D eigenvalue weighted by Crippen LogP contribution is -2.42. The van der Waals surface area contributed by atoms with E-state index in [-0.39, 0.29) is 18.0 Å². The number of nitrogens with one attached hydrogen (secondary N) is 2. The van der Waals surface area contributed by atoms with Gasteiger partial charge in [-0.25, -0.2) is 0 Å². The molecule has 2 atom stereocenters. The summed E-state index contributed by atoms with van der Waals surface area (Å²) in [4.78, 5) is 12.0. The average Bonchev–Trinajstić information content (AvgIpc) is 2.32. The van der Waals surface area contributed by atoms with Gasteiger partial charge in [-0.2, -0.15) is 0 Å². The maximum absolute atomic E-state index is 12.0. The van der Waals surface area contributed by atoms with Crippen LogP contribution in [-0.4, -0.2) is 18.0 Å². The molecule has 0 saturated heterocycles. The van der Waals surface area contributed by atoms with E-state index in [1.54, 1.807) is 0 Å². The summed E-state index contributed by atoms with van der Waals surface area (Å²) < 4.78 is 1.06. The Morgan fingerprint density at radius 3 is 2.26 bits per heavy atom. The minimum Gasteiger partial charge on any atom is -0.373 e. The zero-order chi connectivity index (χ0) is 14.6. The second-order valence-corrected chi connectivity index (χ2v) is 6.01. The molecule has 1 amide bonds. The van der Waals surface area contributed by atoms with Gasteiger partial charge in [-0.3, -0.25) is 4.79 Å². The lowest BCUT2D eigenvalue weighted by Gasteiger charge is -2.21. The molecule has 0 aliphatic rings. The first-order chi connectivity index (χ1) is 8.85. The standard InChI is InChI=1S/C15H23BrN2O/c1-6-11(4)17-15(19)12(5)18-14-9(2)7-13(16)8-10(14)3/h7-8,11-12,18H,6H2,1-5H3,(H,17,19). The number of amides is 1. The second-order valence-electron chi connectivity index (χ2n) is 5.10. The van der Waals surface area contributed by atoms with E-state index >= 15 is 0 Å². The summed E-state index contributed by atoms with van der Waals surface area (Å²) in [7, 11) is 0. The third-order valence-corrected chi connectivity index (χ3v) is 3.71. The highest BCUT2D eigenvalue weighted by atomic mass is 79.9. The van der Waals surface area contributed by atoms with Gasteiger partial charge in [-0.1, -0.05) is 22.9 Å². The Morgan fingerprint density at radius 2 is 1.79 bits per heavy atom. The summed E-state index contributed by atoms with van der Waals surface area (Å²) in [5.41, 5.74) is 3.31. The van der Waals surface area contributed by atoms with Gasteiger partial charge in [0.05, 0.1) is 0 Å². The number of carbonyl (C=O) groups excluding carboxylic acids is 1. The Kier molecular flexibility index (Phi) is 5.85. The van der Waals surface area contributed by atoms with E-state index in [2.05, 4.69) is 45.6 Å². The molecular weight excluding hydrogens is 304 g/mol. The fourth-order valence-electron chi connectivity index (χ4n) is 1.89. The zero-order valence-electron chi connectivity index (χ0n) is 12.3. The smallest absolute Gasteiger partial charge is 0.242 e. The highest BCUT2D eigenvalue weighted by Gasteiger charge is 2.16. The highest BCUT2D eigenvalue weighted by Crippen LogP contribution is 2.25. The van der Waals surface area contributed by atoms with E-state index in [0.717, 1.165) is 27.7 Å². The molecule has 0 aliphatic carbocycles. The van der Waals surface area contributed by atoms with Gasteiger partial charge in [-0.15, -0.1) is 0 Å². The normalized spacial score (nSPS) is 13.8. The molecule has 0 radical (unpaired) electrons. The largest absolute Gasteiger partial charge is 0.373 e. The number of hydrogen-bond donors (Lipinski definition) is 2. The van der Waals surface area contributed by atoms with Gasteiger partial charge in [0, 0.05) is 16.2 Å². The number of hydrogen-bond acceptors (Lipinski definition) is 2. The van der Waals surface area contributed by atoms with E-state index in [4.69, 9.17) is 0 Å². The summed E-state index contributed by atoms with van der Waals surface area (Å²) in [6.07, 6.45) is 0.939. The number of aryl methyl sites for hydroxylation is 2. The maximum Gasteiger partial charge on any atom is 0.242 e. The van der Waals surface area contributed by atoms with E-state index in [1.807, 2.05) is 27.7 Å². The molecule has 1 rings (SSSR count). The fourth-order valence-corrected chi connectivity index (χ4v) is 2.58. The van der Waals surface area contributed by atoms with Crippen molar-refractivity contribution in [3.8, 4) is 0 Å². The quantitative estimate of drug-likeness (QED) is 0.864. The van der Waals surface area contributed by atoms with Gasteiger partial charge in [0.15, 0.2) is 0 Å². The SMILES string of the molecule is CCC(C)NC(=O)C(C)Nc1c(C)cc(Br)cc1C. The van der Waals surface area contributed by atoms with E-state index in [1.165, 1.54) is 0 Å². The molecule has 2 unspecified atom stereocenters. The van der Waals surface area contributed by atoms with Gasteiger partial charge in [-0.05, 0) is 57.4 Å². The van der Waals surface area contributed by atoms with Crippen molar-refractivity contribution in [1.29, 1.82) is 0 Å². The van der Waals surface area contributed by atoms with Crippen LogP contribution in [0.2, 0.25) is 0 Å². The first-order valence-corrected chi connectivity index (χ1v) is 7.48. The molecule has 2 N–H and O–H groups in total. The van der Waals surface area contributed by atoms with Crippen LogP contribution in [0.15, 0.2) is 16.6 Å². The summed E-state index contributed by atoms with van der Waals surface area (Å²) in [5, 5.41) is 6.29. The molecule has 0 fully saturated rings. The number of benzene rings is 1. The van der Waals surface area contributed by atoms with Crippen molar-refractivity contribution < 1.29 is 4.79 Å². The van der Waals surface area contributed by atoms with Crippen molar-refractivity contribution in [2.75, 3.05) is 5.32 Å². The van der Waals surface area contributed by atoms with Crippen LogP contribution in [-0.2, 0) is 4.79 Å². The van der Waals surface area contributed by atoms with Crippen LogP contribution in [0.4, 0.5) is 5.69 Å². The predicted octanol–water partition coefficient (Wildman–Crippen LogP) is 3.78. The molecule has 0 spiro atoms. The van der Waals surface area contributed by atoms with Crippen LogP contribution >= 0.6 is 15.9 Å². The lowest BCUT2D eigenvalue weighted by molar-refractivity contribution is -0.122. The van der Waals surface area contributed by atoms with Gasteiger partial charge in [0.1, 0.15) is 6.04 Å². The minimum atomic E-state index is -0.243. The molecule has 0 saturated carbocycles. The third kappa shape index (κ3) is 4.53. The Morgan fingerprint density at radius 1 is 1.26 bits per heavy atom. The van der Waals surface area contributed by atoms with Crippen molar-refractivity contribution in [3.05, 3.63) is 27.7 Å². The molecule has 1 aromatic rings. The van der Waals surface area contributed by atoms with Crippen LogP contribution in [0.3, 0.4) is 0 Å². The molecule has 0 bridgehead atoms. The van der Waals surface area contributed by atoms with Gasteiger partial charge < -0.3 is 10.6 Å². The van der Waals surface area contributed by atoms with Crippen LogP contribution in [0.1, 0.15) is 38.3 Å². The van der Waals surface area contributed by atoms with Crippen molar-refractivity contribution in [1.82, 2.24) is 5.32 Å². The van der Waals surface area contributed by atoms with Crippen LogP contribution < -0.4 is 10.6 Å². The van der Waals surface area contributed by atoms with Crippen molar-refractivity contribution in [2.45, 2.75) is 53.1 Å². The van der Waals surface area contributed by atoms with Crippen molar-refractivity contribution in [3.63, 3.8) is 0 Å². The Labute approximate surface area is 124 Å². The first kappa shape index (κ1) is 16.0. The summed E-state index contributed by atoms with van der Waals surface area (Å²) in [6, 6.07) is 4.07. The highest BCUT2D eigenvalue weighted by molar-refractivity contribution is 9.10. The Hall–Kier alpha value is -1.03. The summed E-state index contributed by atoms with van der Waals surface area (Å²) >= 11 is 3.48. The second kappa shape index (κ2) is 6.94. The molecule has 3 nitrogen and oxygen atoms in total. The van der Waals surface area contributed by atoms with Gasteiger partial charge in [0.2, 0.25) is 5.91 Å². The van der Waals surface area contributed by atoms with Crippen LogP contribution in [0.5, 0.6) is 0 Å². The molecule has 4 heteroatoms. The molecule has 106 valence electrons. The molecule has 19 heavy (non-hydrogen) atoms. The van der Waals surface area contributed by atoms with Gasteiger partial charge in [0.25, 0.3) is 0 Å². The van der Waals surface area contributed by atoms with E-state index < -0.39 is 0 Å². The predicted molar refractivity (Wildman–Crippen MR) is 84.6 cm³/mol. The van der Waals surface area contributed by atoms with E-state index in [0.29, 0.717) is 0 Å². The Bertz CT molecular complexity index is 436. The van der Waals surface area contributed by atoms with Crippen LogP contribution in [0.25, 0.3) is 0 Å².